The van der Waals surface area contributed by atoms with Crippen molar-refractivity contribution >= 4 is 5.91 Å². The first-order chi connectivity index (χ1) is 7.35. The van der Waals surface area contributed by atoms with E-state index in [-0.39, 0.29) is 5.41 Å². The van der Waals surface area contributed by atoms with Gasteiger partial charge in [-0.25, -0.2) is 0 Å². The predicted molar refractivity (Wildman–Crippen MR) is 65.1 cm³/mol. The number of hydrogen-bond donors (Lipinski definition) is 0. The molecule has 2 rings (SSSR count). The minimum Gasteiger partial charge on any atom is -0.342 e. The van der Waals surface area contributed by atoms with Crippen LogP contribution >= 0.6 is 0 Å². The summed E-state index contributed by atoms with van der Waals surface area (Å²) in [6.45, 7) is 10.7. The Hall–Kier alpha value is -0.570. The largest absolute Gasteiger partial charge is 0.342 e. The van der Waals surface area contributed by atoms with Gasteiger partial charge in [0, 0.05) is 32.6 Å². The van der Waals surface area contributed by atoms with Gasteiger partial charge in [-0.1, -0.05) is 20.8 Å². The second kappa shape index (κ2) is 4.02. The molecule has 0 aliphatic carbocycles. The smallest absolute Gasteiger partial charge is 0.223 e. The molecule has 3 nitrogen and oxygen atoms in total. The number of amides is 1. The lowest BCUT2D eigenvalue weighted by Crippen LogP contribution is -2.34. The molecule has 2 aliphatic rings. The van der Waals surface area contributed by atoms with E-state index in [4.69, 9.17) is 0 Å². The van der Waals surface area contributed by atoms with Crippen LogP contribution in [0.25, 0.3) is 0 Å². The third kappa shape index (κ3) is 2.57. The van der Waals surface area contributed by atoms with E-state index in [1.807, 2.05) is 0 Å². The molecule has 2 saturated heterocycles. The van der Waals surface area contributed by atoms with Crippen LogP contribution in [0.5, 0.6) is 0 Å². The highest BCUT2D eigenvalue weighted by Crippen LogP contribution is 2.31. The molecule has 3 heteroatoms. The average Bonchev–Trinajstić information content (AvgIpc) is 2.56. The molecule has 0 radical (unpaired) electrons. The zero-order chi connectivity index (χ0) is 11.9. The van der Waals surface area contributed by atoms with Gasteiger partial charge >= 0.3 is 0 Å². The van der Waals surface area contributed by atoms with Gasteiger partial charge in [-0.05, 0) is 24.3 Å². The molecular formula is C13H24N2O. The molecule has 2 fully saturated rings. The van der Waals surface area contributed by atoms with E-state index in [2.05, 4.69) is 37.6 Å². The number of likely N-dealkylation sites (tertiary alicyclic amines) is 2. The van der Waals surface area contributed by atoms with Gasteiger partial charge in [-0.3, -0.25) is 4.79 Å². The van der Waals surface area contributed by atoms with E-state index in [0.29, 0.717) is 12.3 Å². The summed E-state index contributed by atoms with van der Waals surface area (Å²) >= 11 is 0. The summed E-state index contributed by atoms with van der Waals surface area (Å²) in [4.78, 5) is 16.6. The van der Waals surface area contributed by atoms with Crippen LogP contribution in [0, 0.1) is 17.3 Å². The van der Waals surface area contributed by atoms with Crippen molar-refractivity contribution in [3.63, 3.8) is 0 Å². The first-order valence-electron chi connectivity index (χ1n) is 6.31. The second-order valence-corrected chi connectivity index (χ2v) is 6.78. The minimum absolute atomic E-state index is 0.117. The molecule has 0 aromatic carbocycles. The molecule has 0 spiro atoms. The van der Waals surface area contributed by atoms with Crippen LogP contribution in [0.4, 0.5) is 0 Å². The Morgan fingerprint density at radius 1 is 1.12 bits per heavy atom. The highest BCUT2D eigenvalue weighted by atomic mass is 16.2. The maximum Gasteiger partial charge on any atom is 0.223 e. The zero-order valence-corrected chi connectivity index (χ0v) is 11.0. The number of carbonyl (C=O) groups is 1. The molecule has 2 unspecified atom stereocenters. The molecule has 92 valence electrons. The fourth-order valence-corrected chi connectivity index (χ4v) is 3.00. The number of fused-ring (bicyclic) bond motifs is 1. The van der Waals surface area contributed by atoms with Gasteiger partial charge in [0.2, 0.25) is 5.91 Å². The molecule has 0 saturated carbocycles. The fourth-order valence-electron chi connectivity index (χ4n) is 3.00. The average molecular weight is 224 g/mol. The van der Waals surface area contributed by atoms with Gasteiger partial charge in [-0.15, -0.1) is 0 Å². The normalized spacial score (nSPS) is 30.9. The maximum atomic E-state index is 12.1. The van der Waals surface area contributed by atoms with Gasteiger partial charge in [-0.2, -0.15) is 0 Å². The minimum atomic E-state index is 0.117. The van der Waals surface area contributed by atoms with Crippen molar-refractivity contribution in [3.8, 4) is 0 Å². The maximum absolute atomic E-state index is 12.1. The molecular weight excluding hydrogens is 200 g/mol. The van der Waals surface area contributed by atoms with Crippen molar-refractivity contribution in [2.75, 3.05) is 33.2 Å². The first kappa shape index (κ1) is 11.9. The third-order valence-electron chi connectivity index (χ3n) is 3.70. The van der Waals surface area contributed by atoms with Gasteiger partial charge in [0.15, 0.2) is 0 Å². The molecule has 2 heterocycles. The number of carbonyl (C=O) groups excluding carboxylic acids is 1. The Bertz CT molecular complexity index is 268. The standard InChI is InChI=1S/C13H24N2O/c1-13(2,3)5-12(16)15-8-10-6-14(4)7-11(10)9-15/h10-11H,5-9H2,1-4H3. The lowest BCUT2D eigenvalue weighted by atomic mass is 9.91. The Morgan fingerprint density at radius 2 is 1.62 bits per heavy atom. The summed E-state index contributed by atoms with van der Waals surface area (Å²) in [6, 6.07) is 0. The second-order valence-electron chi connectivity index (χ2n) is 6.78. The molecule has 1 amide bonds. The number of rotatable bonds is 1. The van der Waals surface area contributed by atoms with Crippen LogP contribution in [-0.4, -0.2) is 48.9 Å². The third-order valence-corrected chi connectivity index (χ3v) is 3.70. The summed E-state index contributed by atoms with van der Waals surface area (Å²) in [5.41, 5.74) is 0.117. The summed E-state index contributed by atoms with van der Waals surface area (Å²) in [7, 11) is 2.18. The van der Waals surface area contributed by atoms with E-state index >= 15 is 0 Å². The Morgan fingerprint density at radius 3 is 2.06 bits per heavy atom. The molecule has 16 heavy (non-hydrogen) atoms. The molecule has 0 bridgehead atoms. The van der Waals surface area contributed by atoms with Crippen LogP contribution in [0.15, 0.2) is 0 Å². The molecule has 0 N–H and O–H groups in total. The van der Waals surface area contributed by atoms with E-state index in [1.165, 1.54) is 13.1 Å². The summed E-state index contributed by atoms with van der Waals surface area (Å²) in [5.74, 6) is 1.81. The van der Waals surface area contributed by atoms with Crippen molar-refractivity contribution in [2.24, 2.45) is 17.3 Å². The van der Waals surface area contributed by atoms with Gasteiger partial charge in [0.05, 0.1) is 0 Å². The van der Waals surface area contributed by atoms with Crippen LogP contribution in [-0.2, 0) is 4.79 Å². The van der Waals surface area contributed by atoms with Crippen molar-refractivity contribution in [3.05, 3.63) is 0 Å². The Kier molecular flexibility index (Phi) is 2.99. The number of nitrogens with zero attached hydrogens (tertiary/aromatic N) is 2. The van der Waals surface area contributed by atoms with E-state index in [0.717, 1.165) is 24.9 Å². The van der Waals surface area contributed by atoms with Gasteiger partial charge < -0.3 is 9.80 Å². The van der Waals surface area contributed by atoms with Crippen LogP contribution in [0.2, 0.25) is 0 Å². The number of hydrogen-bond acceptors (Lipinski definition) is 2. The summed E-state index contributed by atoms with van der Waals surface area (Å²) < 4.78 is 0. The Balaban J connectivity index is 1.88. The quantitative estimate of drug-likeness (QED) is 0.673. The summed E-state index contributed by atoms with van der Waals surface area (Å²) in [6.07, 6.45) is 0.683. The molecule has 2 atom stereocenters. The van der Waals surface area contributed by atoms with Crippen LogP contribution < -0.4 is 0 Å². The lowest BCUT2D eigenvalue weighted by Gasteiger charge is -2.24. The SMILES string of the molecule is CN1CC2CN(C(=O)CC(C)(C)C)CC2C1. The molecule has 0 aromatic heterocycles. The lowest BCUT2D eigenvalue weighted by molar-refractivity contribution is -0.132. The topological polar surface area (TPSA) is 23.6 Å². The van der Waals surface area contributed by atoms with Crippen molar-refractivity contribution in [2.45, 2.75) is 27.2 Å². The van der Waals surface area contributed by atoms with Crippen molar-refractivity contribution < 1.29 is 4.79 Å². The van der Waals surface area contributed by atoms with Crippen LogP contribution in [0.1, 0.15) is 27.2 Å². The van der Waals surface area contributed by atoms with Crippen LogP contribution in [0.3, 0.4) is 0 Å². The van der Waals surface area contributed by atoms with Crippen molar-refractivity contribution in [1.82, 2.24) is 9.80 Å². The highest BCUT2D eigenvalue weighted by Gasteiger charge is 2.40. The van der Waals surface area contributed by atoms with E-state index in [1.54, 1.807) is 0 Å². The summed E-state index contributed by atoms with van der Waals surface area (Å²) in [5, 5.41) is 0. The molecule has 0 aromatic rings. The Labute approximate surface area is 98.8 Å². The zero-order valence-electron chi connectivity index (χ0n) is 11.0. The monoisotopic (exact) mass is 224 g/mol. The van der Waals surface area contributed by atoms with E-state index in [9.17, 15) is 4.79 Å². The fraction of sp³-hybridized carbons (Fsp3) is 0.923. The first-order valence-corrected chi connectivity index (χ1v) is 6.31. The predicted octanol–water partition coefficient (Wildman–Crippen LogP) is 1.44. The van der Waals surface area contributed by atoms with E-state index < -0.39 is 0 Å². The molecule has 2 aliphatic heterocycles. The van der Waals surface area contributed by atoms with Gasteiger partial charge in [0.1, 0.15) is 0 Å². The van der Waals surface area contributed by atoms with Gasteiger partial charge in [0.25, 0.3) is 0 Å². The highest BCUT2D eigenvalue weighted by molar-refractivity contribution is 5.77. The van der Waals surface area contributed by atoms with Crippen molar-refractivity contribution in [1.29, 1.82) is 0 Å².